The van der Waals surface area contributed by atoms with Crippen LogP contribution in [0.3, 0.4) is 0 Å². The highest BCUT2D eigenvalue weighted by atomic mass is 16.5. The number of aryl methyl sites for hydroxylation is 2. The number of hydrogen-bond acceptors (Lipinski definition) is 6. The van der Waals surface area contributed by atoms with Crippen molar-refractivity contribution in [3.63, 3.8) is 0 Å². The molecule has 0 saturated carbocycles. The lowest BCUT2D eigenvalue weighted by Gasteiger charge is -2.08. The molecule has 0 aliphatic carbocycles. The SMILES string of the molecule is COc1ccc(-c2cc(NC(=O)OCc3ccc4nn(C)cc4c3)n(C)n2)c(OC)c1. The van der Waals surface area contributed by atoms with Gasteiger partial charge in [0, 0.05) is 43.4 Å². The molecular weight excluding hydrogens is 398 g/mol. The van der Waals surface area contributed by atoms with Gasteiger partial charge < -0.3 is 14.2 Å². The third-order valence-electron chi connectivity index (χ3n) is 4.85. The molecule has 0 fully saturated rings. The quantitative estimate of drug-likeness (QED) is 0.510. The van der Waals surface area contributed by atoms with E-state index in [1.54, 1.807) is 42.8 Å². The summed E-state index contributed by atoms with van der Waals surface area (Å²) in [5.41, 5.74) is 3.21. The average molecular weight is 421 g/mol. The Hall–Kier alpha value is -4.01. The van der Waals surface area contributed by atoms with Crippen molar-refractivity contribution < 1.29 is 19.0 Å². The Labute approximate surface area is 179 Å². The number of ether oxygens (including phenoxy) is 3. The minimum atomic E-state index is -0.567. The number of carbonyl (C=O) groups excluding carboxylic acids is 1. The molecule has 0 aliphatic rings. The zero-order valence-corrected chi connectivity index (χ0v) is 17.7. The molecule has 2 aromatic carbocycles. The molecule has 31 heavy (non-hydrogen) atoms. The van der Waals surface area contributed by atoms with E-state index in [0.29, 0.717) is 23.0 Å². The first-order valence-corrected chi connectivity index (χ1v) is 9.59. The van der Waals surface area contributed by atoms with E-state index < -0.39 is 6.09 Å². The van der Waals surface area contributed by atoms with E-state index in [4.69, 9.17) is 14.2 Å². The summed E-state index contributed by atoms with van der Waals surface area (Å²) in [5.74, 6) is 1.81. The number of benzene rings is 2. The van der Waals surface area contributed by atoms with Crippen LogP contribution in [0.25, 0.3) is 22.2 Å². The van der Waals surface area contributed by atoms with Crippen LogP contribution >= 0.6 is 0 Å². The van der Waals surface area contributed by atoms with Gasteiger partial charge >= 0.3 is 6.09 Å². The van der Waals surface area contributed by atoms with Crippen LogP contribution in [0.15, 0.2) is 48.7 Å². The maximum atomic E-state index is 12.3. The second-order valence-corrected chi connectivity index (χ2v) is 7.00. The largest absolute Gasteiger partial charge is 0.497 e. The van der Waals surface area contributed by atoms with Crippen molar-refractivity contribution in [1.29, 1.82) is 0 Å². The Bertz CT molecular complexity index is 1240. The van der Waals surface area contributed by atoms with E-state index in [9.17, 15) is 4.79 Å². The number of aromatic nitrogens is 4. The minimum absolute atomic E-state index is 0.147. The molecule has 0 bridgehead atoms. The summed E-state index contributed by atoms with van der Waals surface area (Å²) in [6, 6.07) is 13.0. The van der Waals surface area contributed by atoms with Crippen LogP contribution in [0, 0.1) is 0 Å². The number of amides is 1. The van der Waals surface area contributed by atoms with Crippen molar-refractivity contribution in [2.24, 2.45) is 14.1 Å². The topological polar surface area (TPSA) is 92.4 Å². The smallest absolute Gasteiger partial charge is 0.413 e. The van der Waals surface area contributed by atoms with Crippen molar-refractivity contribution in [2.45, 2.75) is 6.61 Å². The molecule has 0 saturated heterocycles. The first-order chi connectivity index (χ1) is 15.0. The van der Waals surface area contributed by atoms with Gasteiger partial charge in [-0.15, -0.1) is 0 Å². The first-order valence-electron chi connectivity index (χ1n) is 9.59. The summed E-state index contributed by atoms with van der Waals surface area (Å²) < 4.78 is 19.4. The van der Waals surface area contributed by atoms with Gasteiger partial charge in [-0.1, -0.05) is 6.07 Å². The molecule has 9 nitrogen and oxygen atoms in total. The molecule has 2 heterocycles. The van der Waals surface area contributed by atoms with Crippen molar-refractivity contribution in [3.05, 3.63) is 54.2 Å². The summed E-state index contributed by atoms with van der Waals surface area (Å²) in [5, 5.41) is 12.5. The van der Waals surface area contributed by atoms with Crippen molar-refractivity contribution in [1.82, 2.24) is 19.6 Å². The number of anilines is 1. The molecule has 4 aromatic rings. The molecule has 1 N–H and O–H groups in total. The highest BCUT2D eigenvalue weighted by Crippen LogP contribution is 2.33. The average Bonchev–Trinajstić information content (AvgIpc) is 3.32. The molecule has 9 heteroatoms. The highest BCUT2D eigenvalue weighted by molar-refractivity contribution is 5.85. The summed E-state index contributed by atoms with van der Waals surface area (Å²) in [6.45, 7) is 0.147. The number of carbonyl (C=O) groups is 1. The fourth-order valence-corrected chi connectivity index (χ4v) is 3.30. The Morgan fingerprint density at radius 2 is 1.87 bits per heavy atom. The van der Waals surface area contributed by atoms with Crippen LogP contribution in [-0.4, -0.2) is 39.9 Å². The lowest BCUT2D eigenvalue weighted by atomic mass is 10.1. The van der Waals surface area contributed by atoms with Crippen LogP contribution in [0.1, 0.15) is 5.56 Å². The van der Waals surface area contributed by atoms with Gasteiger partial charge in [-0.05, 0) is 29.8 Å². The van der Waals surface area contributed by atoms with Gasteiger partial charge in [0.2, 0.25) is 0 Å². The van der Waals surface area contributed by atoms with Crippen LogP contribution in [-0.2, 0) is 25.4 Å². The summed E-state index contributed by atoms with van der Waals surface area (Å²) in [4.78, 5) is 12.3. The van der Waals surface area contributed by atoms with Gasteiger partial charge in [-0.25, -0.2) is 4.79 Å². The van der Waals surface area contributed by atoms with Crippen LogP contribution < -0.4 is 14.8 Å². The number of methoxy groups -OCH3 is 2. The van der Waals surface area contributed by atoms with Gasteiger partial charge in [-0.3, -0.25) is 14.7 Å². The van der Waals surface area contributed by atoms with E-state index in [1.165, 1.54) is 0 Å². The maximum absolute atomic E-state index is 12.3. The molecule has 1 amide bonds. The molecule has 0 aliphatic heterocycles. The van der Waals surface area contributed by atoms with E-state index in [-0.39, 0.29) is 6.61 Å². The highest BCUT2D eigenvalue weighted by Gasteiger charge is 2.15. The monoisotopic (exact) mass is 421 g/mol. The summed E-state index contributed by atoms with van der Waals surface area (Å²) in [7, 11) is 6.79. The van der Waals surface area contributed by atoms with E-state index in [0.717, 1.165) is 22.0 Å². The van der Waals surface area contributed by atoms with Crippen molar-refractivity contribution in [2.75, 3.05) is 19.5 Å². The van der Waals surface area contributed by atoms with Gasteiger partial charge in [0.05, 0.1) is 25.4 Å². The predicted molar refractivity (Wildman–Crippen MR) is 116 cm³/mol. The van der Waals surface area contributed by atoms with E-state index >= 15 is 0 Å². The standard InChI is InChI=1S/C22H23N5O4/c1-26-12-15-9-14(5-8-18(15)24-26)13-31-22(28)23-21-11-19(25-27(21)2)17-7-6-16(29-3)10-20(17)30-4/h5-12H,13H2,1-4H3,(H,23,28). The van der Waals surface area contributed by atoms with Crippen molar-refractivity contribution >= 4 is 22.8 Å². The lowest BCUT2D eigenvalue weighted by molar-refractivity contribution is 0.155. The number of nitrogens with one attached hydrogen (secondary N) is 1. The third kappa shape index (κ3) is 4.30. The van der Waals surface area contributed by atoms with Gasteiger partial charge in [0.15, 0.2) is 0 Å². The third-order valence-corrected chi connectivity index (χ3v) is 4.85. The second kappa shape index (κ2) is 8.39. The maximum Gasteiger partial charge on any atom is 0.413 e. The fraction of sp³-hybridized carbons (Fsp3) is 0.227. The molecule has 0 unspecified atom stereocenters. The fourth-order valence-electron chi connectivity index (χ4n) is 3.30. The Morgan fingerprint density at radius 1 is 1.03 bits per heavy atom. The number of hydrogen-bond donors (Lipinski definition) is 1. The molecule has 160 valence electrons. The Kier molecular flexibility index (Phi) is 5.48. The van der Waals surface area contributed by atoms with Gasteiger partial charge in [0.25, 0.3) is 0 Å². The molecule has 0 atom stereocenters. The number of rotatable bonds is 6. The van der Waals surface area contributed by atoms with Gasteiger partial charge in [-0.2, -0.15) is 10.2 Å². The predicted octanol–water partition coefficient (Wildman–Crippen LogP) is 3.74. The number of nitrogens with zero attached hydrogens (tertiary/aromatic N) is 4. The normalized spacial score (nSPS) is 10.8. The molecule has 0 radical (unpaired) electrons. The summed E-state index contributed by atoms with van der Waals surface area (Å²) >= 11 is 0. The molecule has 2 aromatic heterocycles. The van der Waals surface area contributed by atoms with Crippen LogP contribution in [0.5, 0.6) is 11.5 Å². The molecular formula is C22H23N5O4. The zero-order valence-electron chi connectivity index (χ0n) is 17.7. The van der Waals surface area contributed by atoms with E-state index in [1.807, 2.05) is 43.6 Å². The van der Waals surface area contributed by atoms with Gasteiger partial charge in [0.1, 0.15) is 23.9 Å². The van der Waals surface area contributed by atoms with Crippen molar-refractivity contribution in [3.8, 4) is 22.8 Å². The first kappa shape index (κ1) is 20.3. The Morgan fingerprint density at radius 3 is 2.65 bits per heavy atom. The van der Waals surface area contributed by atoms with Crippen LogP contribution in [0.4, 0.5) is 10.6 Å². The Balaban J connectivity index is 1.44. The zero-order chi connectivity index (χ0) is 22.0. The lowest BCUT2D eigenvalue weighted by Crippen LogP contribution is -2.15. The molecule has 4 rings (SSSR count). The summed E-state index contributed by atoms with van der Waals surface area (Å²) in [6.07, 6.45) is 1.35. The van der Waals surface area contributed by atoms with Crippen LogP contribution in [0.2, 0.25) is 0 Å². The minimum Gasteiger partial charge on any atom is -0.497 e. The second-order valence-electron chi connectivity index (χ2n) is 7.00. The van der Waals surface area contributed by atoms with E-state index in [2.05, 4.69) is 15.5 Å². The number of fused-ring (bicyclic) bond motifs is 1. The molecule has 0 spiro atoms.